The number of aromatic nitrogens is 1. The summed E-state index contributed by atoms with van der Waals surface area (Å²) in [7, 11) is 0. The number of nitrogens with one attached hydrogen (secondary N) is 1. The molecule has 2 heterocycles. The number of nitrogens with zero attached hydrogens (tertiary/aromatic N) is 2. The molecule has 1 aromatic heterocycles. The highest BCUT2D eigenvalue weighted by molar-refractivity contribution is 7.80. The van der Waals surface area contributed by atoms with Gasteiger partial charge in [-0.2, -0.15) is 0 Å². The van der Waals surface area contributed by atoms with Gasteiger partial charge in [0.2, 0.25) is 0 Å². The lowest BCUT2D eigenvalue weighted by Crippen LogP contribution is -2.33. The third-order valence-electron chi connectivity index (χ3n) is 5.94. The molecule has 0 aliphatic carbocycles. The first-order valence-corrected chi connectivity index (χ1v) is 11.2. The van der Waals surface area contributed by atoms with Crippen molar-refractivity contribution in [3.8, 4) is 0 Å². The molecular weight excluding hydrogens is 433 g/mol. The van der Waals surface area contributed by atoms with Crippen molar-refractivity contribution in [3.05, 3.63) is 113 Å². The quantitative estimate of drug-likeness (QED) is 0.312. The molecule has 4 nitrogen and oxygen atoms in total. The van der Waals surface area contributed by atoms with E-state index in [-0.39, 0.29) is 17.8 Å². The summed E-state index contributed by atoms with van der Waals surface area (Å²) in [6.45, 7) is 2.44. The third-order valence-corrected chi connectivity index (χ3v) is 6.24. The minimum Gasteiger partial charge on any atom is -0.336 e. The Bertz CT molecular complexity index is 1390. The van der Waals surface area contributed by atoms with Crippen LogP contribution in [0.5, 0.6) is 0 Å². The number of carbonyl (C=O) groups is 1. The molecule has 0 unspecified atom stereocenters. The number of halogens is 1. The van der Waals surface area contributed by atoms with E-state index in [1.54, 1.807) is 11.0 Å². The zero-order valence-electron chi connectivity index (χ0n) is 18.0. The Kier molecular flexibility index (Phi) is 5.52. The summed E-state index contributed by atoms with van der Waals surface area (Å²) in [6, 6.07) is 26.2. The van der Waals surface area contributed by atoms with Gasteiger partial charge in [-0.05, 0) is 60.6 Å². The summed E-state index contributed by atoms with van der Waals surface area (Å²) in [5.74, 6) is -0.439. The van der Waals surface area contributed by atoms with Crippen molar-refractivity contribution in [2.75, 3.05) is 0 Å². The van der Waals surface area contributed by atoms with Crippen molar-refractivity contribution in [1.82, 2.24) is 14.8 Å². The lowest BCUT2D eigenvalue weighted by Gasteiger charge is -2.23. The fourth-order valence-corrected chi connectivity index (χ4v) is 4.63. The van der Waals surface area contributed by atoms with Crippen LogP contribution in [0.3, 0.4) is 0 Å². The number of rotatable bonds is 5. The smallest absolute Gasteiger partial charge is 0.277 e. The molecular formula is C27H22FN3OS. The Morgan fingerprint density at radius 3 is 2.55 bits per heavy atom. The number of hydrogen-bond acceptors (Lipinski definition) is 2. The van der Waals surface area contributed by atoms with Crippen molar-refractivity contribution in [3.63, 3.8) is 0 Å². The Hall–Kier alpha value is -3.77. The van der Waals surface area contributed by atoms with E-state index >= 15 is 0 Å². The summed E-state index contributed by atoms with van der Waals surface area (Å²) < 4.78 is 15.9. The minimum absolute atomic E-state index is 0.168. The SMILES string of the molecule is C[C@H](c1ccccc1)N1C(=O)/C(=C/c2cc3ccccc3n2Cc2cccc(F)c2)NC1=S. The molecule has 0 saturated carbocycles. The molecule has 1 aliphatic rings. The maximum absolute atomic E-state index is 13.8. The van der Waals surface area contributed by atoms with Crippen LogP contribution in [0, 0.1) is 5.82 Å². The molecule has 0 spiro atoms. The first-order valence-electron chi connectivity index (χ1n) is 10.7. The van der Waals surface area contributed by atoms with Crippen molar-refractivity contribution < 1.29 is 9.18 Å². The van der Waals surface area contributed by atoms with Crippen LogP contribution in [-0.2, 0) is 11.3 Å². The molecule has 164 valence electrons. The molecule has 1 N–H and O–H groups in total. The normalized spacial score (nSPS) is 15.9. The van der Waals surface area contributed by atoms with Crippen LogP contribution in [0.1, 0.15) is 29.8 Å². The predicted octanol–water partition coefficient (Wildman–Crippen LogP) is 5.65. The summed E-state index contributed by atoms with van der Waals surface area (Å²) >= 11 is 5.51. The van der Waals surface area contributed by atoms with Crippen LogP contribution in [0.4, 0.5) is 4.39 Å². The molecule has 33 heavy (non-hydrogen) atoms. The average Bonchev–Trinajstić information content (AvgIpc) is 3.30. The first kappa shape index (κ1) is 21.1. The van der Waals surface area contributed by atoms with Gasteiger partial charge in [-0.1, -0.05) is 60.7 Å². The Labute approximate surface area is 197 Å². The number of carbonyl (C=O) groups excluding carboxylic acids is 1. The zero-order chi connectivity index (χ0) is 22.9. The van der Waals surface area contributed by atoms with Crippen LogP contribution in [0.2, 0.25) is 0 Å². The second-order valence-electron chi connectivity index (χ2n) is 8.09. The van der Waals surface area contributed by atoms with E-state index in [4.69, 9.17) is 12.2 Å². The summed E-state index contributed by atoms with van der Waals surface area (Å²) in [6.07, 6.45) is 1.83. The summed E-state index contributed by atoms with van der Waals surface area (Å²) in [5, 5.41) is 4.52. The second-order valence-corrected chi connectivity index (χ2v) is 8.48. The molecule has 6 heteroatoms. The van der Waals surface area contributed by atoms with Crippen molar-refractivity contribution >= 4 is 40.2 Å². The molecule has 1 atom stereocenters. The van der Waals surface area contributed by atoms with Gasteiger partial charge in [0.15, 0.2) is 5.11 Å². The predicted molar refractivity (Wildman–Crippen MR) is 133 cm³/mol. The highest BCUT2D eigenvalue weighted by Gasteiger charge is 2.35. The number of fused-ring (bicyclic) bond motifs is 1. The van der Waals surface area contributed by atoms with Gasteiger partial charge in [0.1, 0.15) is 11.5 Å². The fourth-order valence-electron chi connectivity index (χ4n) is 4.27. The van der Waals surface area contributed by atoms with E-state index in [2.05, 4.69) is 9.88 Å². The zero-order valence-corrected chi connectivity index (χ0v) is 18.9. The van der Waals surface area contributed by atoms with Gasteiger partial charge in [-0.15, -0.1) is 0 Å². The van der Waals surface area contributed by atoms with Gasteiger partial charge in [-0.25, -0.2) is 4.39 Å². The fraction of sp³-hybridized carbons (Fsp3) is 0.111. The second kappa shape index (κ2) is 8.64. The van der Waals surface area contributed by atoms with Gasteiger partial charge in [0.25, 0.3) is 5.91 Å². The molecule has 0 radical (unpaired) electrons. The maximum Gasteiger partial charge on any atom is 0.277 e. The van der Waals surface area contributed by atoms with Gasteiger partial charge < -0.3 is 9.88 Å². The third kappa shape index (κ3) is 4.05. The van der Waals surface area contributed by atoms with Crippen LogP contribution in [0.25, 0.3) is 17.0 Å². The van der Waals surface area contributed by atoms with Crippen molar-refractivity contribution in [1.29, 1.82) is 0 Å². The topological polar surface area (TPSA) is 37.3 Å². The van der Waals surface area contributed by atoms with Crippen LogP contribution in [-0.4, -0.2) is 20.5 Å². The number of amides is 1. The highest BCUT2D eigenvalue weighted by atomic mass is 32.1. The highest BCUT2D eigenvalue weighted by Crippen LogP contribution is 2.28. The van der Waals surface area contributed by atoms with Gasteiger partial charge in [0.05, 0.1) is 6.04 Å². The Balaban J connectivity index is 1.52. The van der Waals surface area contributed by atoms with Gasteiger partial charge in [0, 0.05) is 23.1 Å². The molecule has 1 saturated heterocycles. The lowest BCUT2D eigenvalue weighted by molar-refractivity contribution is -0.123. The molecule has 1 aliphatic heterocycles. The number of para-hydroxylation sites is 1. The van der Waals surface area contributed by atoms with E-state index in [0.717, 1.165) is 27.7 Å². The molecule has 5 rings (SSSR count). The standard InChI is InChI=1S/C27H22FN3OS/c1-18(20-9-3-2-4-10-20)31-26(32)24(29-27(31)33)16-23-15-21-11-5-6-13-25(21)30(23)17-19-8-7-12-22(28)14-19/h2-16,18H,17H2,1H3,(H,29,33)/b24-16-/t18-/m1/s1. The van der Waals surface area contributed by atoms with Crippen LogP contribution in [0.15, 0.2) is 90.6 Å². The number of benzene rings is 3. The molecule has 1 amide bonds. The Morgan fingerprint density at radius 2 is 1.76 bits per heavy atom. The van der Waals surface area contributed by atoms with Crippen LogP contribution >= 0.6 is 12.2 Å². The number of hydrogen-bond donors (Lipinski definition) is 1. The molecule has 4 aromatic rings. The van der Waals surface area contributed by atoms with E-state index in [9.17, 15) is 9.18 Å². The monoisotopic (exact) mass is 455 g/mol. The van der Waals surface area contributed by atoms with Crippen molar-refractivity contribution in [2.24, 2.45) is 0 Å². The number of thiocarbonyl (C=S) groups is 1. The van der Waals surface area contributed by atoms with Crippen molar-refractivity contribution in [2.45, 2.75) is 19.5 Å². The molecule has 3 aromatic carbocycles. The first-order chi connectivity index (χ1) is 16.0. The molecule has 1 fully saturated rings. The minimum atomic E-state index is -0.271. The van der Waals surface area contributed by atoms with E-state index in [1.165, 1.54) is 12.1 Å². The lowest BCUT2D eigenvalue weighted by atomic mass is 10.1. The summed E-state index contributed by atoms with van der Waals surface area (Å²) in [4.78, 5) is 14.9. The maximum atomic E-state index is 13.8. The Morgan fingerprint density at radius 1 is 1.00 bits per heavy atom. The largest absolute Gasteiger partial charge is 0.336 e. The van der Waals surface area contributed by atoms with Gasteiger partial charge >= 0.3 is 0 Å². The van der Waals surface area contributed by atoms with E-state index in [0.29, 0.717) is 17.4 Å². The molecule has 0 bridgehead atoms. The van der Waals surface area contributed by atoms with E-state index < -0.39 is 0 Å². The summed E-state index contributed by atoms with van der Waals surface area (Å²) in [5.41, 5.74) is 4.13. The average molecular weight is 456 g/mol. The van der Waals surface area contributed by atoms with E-state index in [1.807, 2.05) is 79.7 Å². The van der Waals surface area contributed by atoms with Gasteiger partial charge in [-0.3, -0.25) is 9.69 Å². The van der Waals surface area contributed by atoms with Crippen LogP contribution < -0.4 is 5.32 Å².